The van der Waals surface area contributed by atoms with Crippen LogP contribution < -0.4 is 0 Å². The first kappa shape index (κ1) is 13.4. The molecule has 1 aliphatic carbocycles. The number of rotatable bonds is 3. The molecule has 0 radical (unpaired) electrons. The summed E-state index contributed by atoms with van der Waals surface area (Å²) in [6.45, 7) is 1.54. The smallest absolute Gasteiger partial charge is 0.274 e. The molecule has 2 fully saturated rings. The number of carbonyl (C=O) groups excluding carboxylic acids is 1. The van der Waals surface area contributed by atoms with Crippen molar-refractivity contribution >= 4 is 15.9 Å². The Labute approximate surface area is 117 Å². The summed E-state index contributed by atoms with van der Waals surface area (Å²) in [7, 11) is -3.14. The SMILES string of the molecule is O=C(c1cnccn1)N1CCN(S(=O)(=O)C2CC2)CC1. The first-order chi connectivity index (χ1) is 9.59. The summed E-state index contributed by atoms with van der Waals surface area (Å²) in [6.07, 6.45) is 5.94. The van der Waals surface area contributed by atoms with Gasteiger partial charge in [0.15, 0.2) is 0 Å². The molecular weight excluding hydrogens is 280 g/mol. The quantitative estimate of drug-likeness (QED) is 0.766. The van der Waals surface area contributed by atoms with E-state index in [0.29, 0.717) is 31.9 Å². The molecule has 1 aliphatic heterocycles. The number of carbonyl (C=O) groups is 1. The van der Waals surface area contributed by atoms with Crippen molar-refractivity contribution in [2.24, 2.45) is 0 Å². The van der Waals surface area contributed by atoms with Gasteiger partial charge >= 0.3 is 0 Å². The normalized spacial score (nSPS) is 20.9. The maximum absolute atomic E-state index is 12.2. The first-order valence-electron chi connectivity index (χ1n) is 6.63. The maximum Gasteiger partial charge on any atom is 0.274 e. The van der Waals surface area contributed by atoms with Gasteiger partial charge in [-0.3, -0.25) is 9.78 Å². The molecule has 3 rings (SSSR count). The average molecular weight is 296 g/mol. The van der Waals surface area contributed by atoms with E-state index in [1.807, 2.05) is 0 Å². The molecule has 2 aliphatic rings. The maximum atomic E-state index is 12.2. The van der Waals surface area contributed by atoms with Crippen molar-refractivity contribution in [3.63, 3.8) is 0 Å². The molecule has 0 atom stereocenters. The molecule has 108 valence electrons. The number of hydrogen-bond donors (Lipinski definition) is 0. The van der Waals surface area contributed by atoms with E-state index in [4.69, 9.17) is 0 Å². The van der Waals surface area contributed by atoms with Crippen LogP contribution in [-0.4, -0.2) is 64.9 Å². The molecular formula is C12H16N4O3S. The van der Waals surface area contributed by atoms with Crippen LogP contribution in [0.1, 0.15) is 23.3 Å². The van der Waals surface area contributed by atoms with Crippen molar-refractivity contribution < 1.29 is 13.2 Å². The number of piperazine rings is 1. The summed E-state index contributed by atoms with van der Waals surface area (Å²) in [4.78, 5) is 21.6. The number of nitrogens with zero attached hydrogens (tertiary/aromatic N) is 4. The number of aromatic nitrogens is 2. The molecule has 0 aromatic carbocycles. The number of sulfonamides is 1. The van der Waals surface area contributed by atoms with Crippen LogP contribution in [0.15, 0.2) is 18.6 Å². The molecule has 0 bridgehead atoms. The van der Waals surface area contributed by atoms with Crippen molar-refractivity contribution in [3.8, 4) is 0 Å². The van der Waals surface area contributed by atoms with Crippen LogP contribution in [0.2, 0.25) is 0 Å². The minimum absolute atomic E-state index is 0.190. The minimum Gasteiger partial charge on any atom is -0.335 e. The Morgan fingerprint density at radius 1 is 1.15 bits per heavy atom. The van der Waals surface area contributed by atoms with Gasteiger partial charge in [0.1, 0.15) is 5.69 Å². The summed E-state index contributed by atoms with van der Waals surface area (Å²) in [5.41, 5.74) is 0.297. The van der Waals surface area contributed by atoms with Gasteiger partial charge < -0.3 is 4.90 Å². The van der Waals surface area contributed by atoms with Gasteiger partial charge in [0.2, 0.25) is 10.0 Å². The Hall–Kier alpha value is -1.54. The third-order valence-corrected chi connectivity index (χ3v) is 6.01. The lowest BCUT2D eigenvalue weighted by Crippen LogP contribution is -2.51. The molecule has 7 nitrogen and oxygen atoms in total. The second kappa shape index (κ2) is 5.10. The molecule has 20 heavy (non-hydrogen) atoms. The van der Waals surface area contributed by atoms with Crippen LogP contribution in [0, 0.1) is 0 Å². The van der Waals surface area contributed by atoms with E-state index in [9.17, 15) is 13.2 Å². The first-order valence-corrected chi connectivity index (χ1v) is 8.13. The second-order valence-corrected chi connectivity index (χ2v) is 7.24. The van der Waals surface area contributed by atoms with Crippen molar-refractivity contribution in [1.82, 2.24) is 19.2 Å². The van der Waals surface area contributed by atoms with Gasteiger partial charge in [-0.1, -0.05) is 0 Å². The molecule has 1 aromatic rings. The Morgan fingerprint density at radius 2 is 1.85 bits per heavy atom. The van der Waals surface area contributed by atoms with E-state index < -0.39 is 10.0 Å². The van der Waals surface area contributed by atoms with Crippen molar-refractivity contribution in [1.29, 1.82) is 0 Å². The van der Waals surface area contributed by atoms with Gasteiger partial charge in [0.05, 0.1) is 11.4 Å². The topological polar surface area (TPSA) is 83.5 Å². The van der Waals surface area contributed by atoms with E-state index in [-0.39, 0.29) is 11.2 Å². The third kappa shape index (κ3) is 2.53. The van der Waals surface area contributed by atoms with Crippen molar-refractivity contribution in [2.75, 3.05) is 26.2 Å². The summed E-state index contributed by atoms with van der Waals surface area (Å²) < 4.78 is 25.7. The Morgan fingerprint density at radius 3 is 2.40 bits per heavy atom. The molecule has 8 heteroatoms. The Balaban J connectivity index is 1.63. The minimum atomic E-state index is -3.14. The lowest BCUT2D eigenvalue weighted by Gasteiger charge is -2.33. The zero-order valence-corrected chi connectivity index (χ0v) is 11.8. The van der Waals surface area contributed by atoms with Crippen LogP contribution in [0.3, 0.4) is 0 Å². The zero-order valence-electron chi connectivity index (χ0n) is 11.0. The number of amides is 1. The monoisotopic (exact) mass is 296 g/mol. The Kier molecular flexibility index (Phi) is 3.43. The Bertz CT molecular complexity index is 592. The number of hydrogen-bond acceptors (Lipinski definition) is 5. The predicted octanol–water partition coefficient (Wildman–Crippen LogP) is -0.273. The molecule has 0 unspecified atom stereocenters. The molecule has 2 heterocycles. The summed E-state index contributed by atoms with van der Waals surface area (Å²) in [5.74, 6) is -0.193. The highest BCUT2D eigenvalue weighted by Crippen LogP contribution is 2.31. The van der Waals surface area contributed by atoms with E-state index in [1.165, 1.54) is 22.9 Å². The zero-order chi connectivity index (χ0) is 14.2. The average Bonchev–Trinajstić information content (AvgIpc) is 3.33. The highest BCUT2D eigenvalue weighted by atomic mass is 32.2. The lowest BCUT2D eigenvalue weighted by atomic mass is 10.3. The van der Waals surface area contributed by atoms with E-state index >= 15 is 0 Å². The van der Waals surface area contributed by atoms with Crippen LogP contribution in [-0.2, 0) is 10.0 Å². The molecule has 1 aromatic heterocycles. The third-order valence-electron chi connectivity index (χ3n) is 3.61. The van der Waals surface area contributed by atoms with Crippen LogP contribution in [0.25, 0.3) is 0 Å². The van der Waals surface area contributed by atoms with Crippen LogP contribution >= 0.6 is 0 Å². The van der Waals surface area contributed by atoms with Gasteiger partial charge in [0.25, 0.3) is 5.91 Å². The van der Waals surface area contributed by atoms with Crippen LogP contribution in [0.5, 0.6) is 0 Å². The molecule has 1 saturated carbocycles. The fourth-order valence-corrected chi connectivity index (χ4v) is 4.12. The largest absolute Gasteiger partial charge is 0.335 e. The lowest BCUT2D eigenvalue weighted by molar-refractivity contribution is 0.0691. The standard InChI is InChI=1S/C12H16N4O3S/c17-12(11-9-13-3-4-14-11)15-5-7-16(8-6-15)20(18,19)10-1-2-10/h3-4,9-10H,1-2,5-8H2. The van der Waals surface area contributed by atoms with Crippen LogP contribution in [0.4, 0.5) is 0 Å². The van der Waals surface area contributed by atoms with Gasteiger partial charge in [-0.15, -0.1) is 0 Å². The fraction of sp³-hybridized carbons (Fsp3) is 0.583. The molecule has 1 amide bonds. The fourth-order valence-electron chi connectivity index (χ4n) is 2.29. The van der Waals surface area contributed by atoms with Gasteiger partial charge in [-0.2, -0.15) is 4.31 Å². The van der Waals surface area contributed by atoms with Gasteiger partial charge in [0, 0.05) is 38.6 Å². The highest BCUT2D eigenvalue weighted by molar-refractivity contribution is 7.90. The molecule has 1 saturated heterocycles. The van der Waals surface area contributed by atoms with Gasteiger partial charge in [-0.25, -0.2) is 13.4 Å². The van der Waals surface area contributed by atoms with Crippen molar-refractivity contribution in [2.45, 2.75) is 18.1 Å². The molecule has 0 spiro atoms. The summed E-state index contributed by atoms with van der Waals surface area (Å²) in [6, 6.07) is 0. The predicted molar refractivity (Wildman–Crippen MR) is 71.5 cm³/mol. The summed E-state index contributed by atoms with van der Waals surface area (Å²) >= 11 is 0. The van der Waals surface area contributed by atoms with Gasteiger partial charge in [-0.05, 0) is 12.8 Å². The van der Waals surface area contributed by atoms with E-state index in [2.05, 4.69) is 9.97 Å². The van der Waals surface area contributed by atoms with Crippen molar-refractivity contribution in [3.05, 3.63) is 24.3 Å². The van der Waals surface area contributed by atoms with E-state index in [1.54, 1.807) is 4.90 Å². The van der Waals surface area contributed by atoms with E-state index in [0.717, 1.165) is 12.8 Å². The summed E-state index contributed by atoms with van der Waals surface area (Å²) in [5, 5.41) is -0.190. The molecule has 0 N–H and O–H groups in total. The second-order valence-electron chi connectivity index (χ2n) is 5.03. The highest BCUT2D eigenvalue weighted by Gasteiger charge is 2.41.